The van der Waals surface area contributed by atoms with Crippen molar-refractivity contribution in [3.05, 3.63) is 29.3 Å². The van der Waals surface area contributed by atoms with Gasteiger partial charge >= 0.3 is 5.97 Å². The van der Waals surface area contributed by atoms with Crippen LogP contribution in [0.4, 0.5) is 0 Å². The van der Waals surface area contributed by atoms with E-state index in [0.29, 0.717) is 5.75 Å². The third-order valence-electron chi connectivity index (χ3n) is 3.10. The molecule has 0 aromatic heterocycles. The Bertz CT molecular complexity index is 592. The molecule has 118 valence electrons. The fraction of sp³-hybridized carbons (Fsp3) is 0.500. The van der Waals surface area contributed by atoms with Crippen molar-refractivity contribution in [2.24, 2.45) is 0 Å². The second kappa shape index (κ2) is 6.91. The summed E-state index contributed by atoms with van der Waals surface area (Å²) in [5, 5.41) is 7.33. The molecule has 1 aromatic rings. The molecule has 0 fully saturated rings. The average molecular weight is 315 g/mol. The van der Waals surface area contributed by atoms with Gasteiger partial charge in [0.25, 0.3) is 0 Å². The summed E-state index contributed by atoms with van der Waals surface area (Å²) in [5.74, 6) is -0.693. The zero-order valence-electron chi connectivity index (χ0n) is 12.7. The lowest BCUT2D eigenvalue weighted by atomic mass is 10.1. The smallest absolute Gasteiger partial charge is 0.323 e. The quantitative estimate of drug-likeness (QED) is 0.822. The highest BCUT2D eigenvalue weighted by molar-refractivity contribution is 7.90. The van der Waals surface area contributed by atoms with Crippen molar-refractivity contribution in [3.8, 4) is 5.75 Å². The Morgan fingerprint density at radius 1 is 1.29 bits per heavy atom. The van der Waals surface area contributed by atoms with Crippen LogP contribution in [-0.2, 0) is 14.8 Å². The molecule has 1 aromatic carbocycles. The summed E-state index contributed by atoms with van der Waals surface area (Å²) in [4.78, 5) is 10.8. The zero-order valence-corrected chi connectivity index (χ0v) is 13.5. The van der Waals surface area contributed by atoms with Crippen LogP contribution in [0.5, 0.6) is 5.75 Å². The van der Waals surface area contributed by atoms with Crippen LogP contribution in [0.25, 0.3) is 0 Å². The van der Waals surface area contributed by atoms with Gasteiger partial charge in [-0.1, -0.05) is 6.07 Å². The number of aryl methyl sites for hydroxylation is 2. The van der Waals surface area contributed by atoms with Crippen molar-refractivity contribution < 1.29 is 23.1 Å². The van der Waals surface area contributed by atoms with Gasteiger partial charge in [-0.15, -0.1) is 0 Å². The van der Waals surface area contributed by atoms with E-state index >= 15 is 0 Å². The molecule has 6 nitrogen and oxygen atoms in total. The predicted molar refractivity (Wildman–Crippen MR) is 80.1 cm³/mol. The molecule has 21 heavy (non-hydrogen) atoms. The average Bonchev–Trinajstić information content (AvgIpc) is 2.36. The lowest BCUT2D eigenvalue weighted by Gasteiger charge is -2.19. The maximum atomic E-state index is 11.9. The fourth-order valence-electron chi connectivity index (χ4n) is 1.83. The predicted octanol–water partition coefficient (Wildman–Crippen LogP) is 1.42. The Hall–Kier alpha value is -1.60. The Balaban J connectivity index is 2.61. The molecule has 7 heteroatoms. The van der Waals surface area contributed by atoms with E-state index in [4.69, 9.17) is 9.84 Å². The number of carboxylic acids is 1. The highest BCUT2D eigenvalue weighted by Gasteiger charge is 2.31. The molecule has 0 radical (unpaired) electrons. The fourth-order valence-corrected chi connectivity index (χ4v) is 2.96. The van der Waals surface area contributed by atoms with Crippen LogP contribution in [-0.4, -0.2) is 49.2 Å². The summed E-state index contributed by atoms with van der Waals surface area (Å²) < 4.78 is 30.4. The van der Waals surface area contributed by atoms with Crippen molar-refractivity contribution in [1.82, 2.24) is 4.31 Å². The van der Waals surface area contributed by atoms with E-state index in [9.17, 15) is 13.2 Å². The normalized spacial score (nSPS) is 13.2. The highest BCUT2D eigenvalue weighted by Crippen LogP contribution is 2.16. The monoisotopic (exact) mass is 315 g/mol. The number of ether oxygens (including phenoxy) is 1. The molecular weight excluding hydrogens is 294 g/mol. The molecule has 0 aliphatic carbocycles. The number of carbonyl (C=O) groups is 1. The molecule has 0 aliphatic heterocycles. The van der Waals surface area contributed by atoms with Crippen LogP contribution in [0.3, 0.4) is 0 Å². The molecule has 0 bridgehead atoms. The lowest BCUT2D eigenvalue weighted by molar-refractivity contribution is -0.136. The number of likely N-dealkylation sites (N-methyl/N-ethyl adjacent to an activating group) is 1. The van der Waals surface area contributed by atoms with Crippen LogP contribution >= 0.6 is 0 Å². The number of carboxylic acid groups (broad SMARTS) is 1. The van der Waals surface area contributed by atoms with E-state index in [0.717, 1.165) is 22.4 Å². The molecule has 0 saturated heterocycles. The van der Waals surface area contributed by atoms with E-state index in [1.165, 1.54) is 7.05 Å². The minimum absolute atomic E-state index is 0.0902. The standard InChI is InChI=1S/C14H21NO5S/c1-10-7-11(2)9-13(8-10)20-6-5-15(4)21(18,19)12(3)14(16)17/h7-9,12H,5-6H2,1-4H3,(H,16,17). The van der Waals surface area contributed by atoms with Gasteiger partial charge in [0.05, 0.1) is 0 Å². The van der Waals surface area contributed by atoms with Gasteiger partial charge in [-0.3, -0.25) is 4.79 Å². The molecule has 1 rings (SSSR count). The SMILES string of the molecule is Cc1cc(C)cc(OCCN(C)S(=O)(=O)C(C)C(=O)O)c1. The van der Waals surface area contributed by atoms with Gasteiger partial charge in [0.2, 0.25) is 10.0 Å². The van der Waals surface area contributed by atoms with Crippen LogP contribution < -0.4 is 4.74 Å². The van der Waals surface area contributed by atoms with Crippen molar-refractivity contribution in [2.45, 2.75) is 26.0 Å². The second-order valence-corrected chi connectivity index (χ2v) is 7.38. The molecule has 0 spiro atoms. The molecule has 0 amide bonds. The van der Waals surface area contributed by atoms with Crippen molar-refractivity contribution in [2.75, 3.05) is 20.2 Å². The summed E-state index contributed by atoms with van der Waals surface area (Å²) >= 11 is 0. The Kier molecular flexibility index (Phi) is 5.74. The van der Waals surface area contributed by atoms with Gasteiger partial charge in [0, 0.05) is 13.6 Å². The van der Waals surface area contributed by atoms with Gasteiger partial charge in [-0.05, 0) is 44.0 Å². The third-order valence-corrected chi connectivity index (χ3v) is 5.25. The minimum Gasteiger partial charge on any atom is -0.492 e. The zero-order chi connectivity index (χ0) is 16.2. The summed E-state index contributed by atoms with van der Waals surface area (Å²) in [6, 6.07) is 5.74. The second-order valence-electron chi connectivity index (χ2n) is 5.02. The molecule has 1 N–H and O–H groups in total. The molecular formula is C14H21NO5S. The number of sulfonamides is 1. The lowest BCUT2D eigenvalue weighted by Crippen LogP contribution is -2.40. The number of nitrogens with zero attached hydrogens (tertiary/aromatic N) is 1. The Morgan fingerprint density at radius 2 is 1.81 bits per heavy atom. The highest BCUT2D eigenvalue weighted by atomic mass is 32.2. The minimum atomic E-state index is -3.86. The van der Waals surface area contributed by atoms with Crippen LogP contribution in [0.2, 0.25) is 0 Å². The van der Waals surface area contributed by atoms with Crippen molar-refractivity contribution >= 4 is 16.0 Å². The Morgan fingerprint density at radius 3 is 2.29 bits per heavy atom. The largest absolute Gasteiger partial charge is 0.492 e. The molecule has 0 aliphatic rings. The van der Waals surface area contributed by atoms with Crippen molar-refractivity contribution in [3.63, 3.8) is 0 Å². The number of rotatable bonds is 7. The first-order valence-corrected chi connectivity index (χ1v) is 8.04. The van der Waals surface area contributed by atoms with E-state index in [1.807, 2.05) is 32.0 Å². The van der Waals surface area contributed by atoms with Crippen molar-refractivity contribution in [1.29, 1.82) is 0 Å². The maximum absolute atomic E-state index is 11.9. The summed E-state index contributed by atoms with van der Waals surface area (Å²) in [6.07, 6.45) is 0. The summed E-state index contributed by atoms with van der Waals surface area (Å²) in [6.45, 7) is 5.30. The number of benzene rings is 1. The number of hydrogen-bond acceptors (Lipinski definition) is 4. The van der Waals surface area contributed by atoms with Gasteiger partial charge in [0.1, 0.15) is 12.4 Å². The van der Waals surface area contributed by atoms with Gasteiger partial charge in [0.15, 0.2) is 5.25 Å². The number of aliphatic carboxylic acids is 1. The summed E-state index contributed by atoms with van der Waals surface area (Å²) in [7, 11) is -2.51. The molecule has 1 unspecified atom stereocenters. The van der Waals surface area contributed by atoms with E-state index < -0.39 is 21.2 Å². The molecule has 1 atom stereocenters. The maximum Gasteiger partial charge on any atom is 0.323 e. The van der Waals surface area contributed by atoms with Gasteiger partial charge < -0.3 is 9.84 Å². The first-order valence-electron chi connectivity index (χ1n) is 6.53. The van der Waals surface area contributed by atoms with Gasteiger partial charge in [-0.2, -0.15) is 0 Å². The number of hydrogen-bond donors (Lipinski definition) is 1. The van der Waals surface area contributed by atoms with E-state index in [2.05, 4.69) is 0 Å². The first-order chi connectivity index (χ1) is 9.64. The van der Waals surface area contributed by atoms with Crippen LogP contribution in [0.15, 0.2) is 18.2 Å². The van der Waals surface area contributed by atoms with Crippen LogP contribution in [0.1, 0.15) is 18.1 Å². The van der Waals surface area contributed by atoms with Crippen LogP contribution in [0, 0.1) is 13.8 Å². The first kappa shape index (κ1) is 17.5. The van der Waals surface area contributed by atoms with E-state index in [-0.39, 0.29) is 13.2 Å². The molecule has 0 heterocycles. The van der Waals surface area contributed by atoms with E-state index in [1.54, 1.807) is 0 Å². The summed E-state index contributed by atoms with van der Waals surface area (Å²) in [5.41, 5.74) is 2.12. The topological polar surface area (TPSA) is 83.9 Å². The van der Waals surface area contributed by atoms with Gasteiger partial charge in [-0.25, -0.2) is 12.7 Å². The third kappa shape index (κ3) is 4.71. The Labute approximate surface area is 125 Å². The molecule has 0 saturated carbocycles.